The summed E-state index contributed by atoms with van der Waals surface area (Å²) >= 11 is 15.5. The molecule has 17 heavy (non-hydrogen) atoms. The zero-order chi connectivity index (χ0) is 13.2. The molecule has 5 heteroatoms. The minimum Gasteiger partial charge on any atom is -0.388 e. The monoisotopic (exact) mass is 339 g/mol. The van der Waals surface area contributed by atoms with Crippen LogP contribution in [-0.4, -0.2) is 17.3 Å². The Labute approximate surface area is 120 Å². The van der Waals surface area contributed by atoms with E-state index in [2.05, 4.69) is 21.2 Å². The molecule has 0 fully saturated rings. The average Bonchev–Trinajstić information content (AvgIpc) is 2.15. The lowest BCUT2D eigenvalue weighted by atomic mass is 9.92. The molecule has 0 aliphatic heterocycles. The van der Waals surface area contributed by atoms with Gasteiger partial charge in [0.05, 0.1) is 21.3 Å². The summed E-state index contributed by atoms with van der Waals surface area (Å²) in [5.74, 6) is 0.142. The highest BCUT2D eigenvalue weighted by molar-refractivity contribution is 9.10. The Morgan fingerprint density at radius 2 is 1.82 bits per heavy atom. The molecular weight excluding hydrogens is 325 g/mol. The van der Waals surface area contributed by atoms with Gasteiger partial charge in [0.15, 0.2) is 0 Å². The van der Waals surface area contributed by atoms with Gasteiger partial charge in [0.1, 0.15) is 0 Å². The van der Waals surface area contributed by atoms with Gasteiger partial charge in [0, 0.05) is 11.0 Å². The molecule has 0 bridgehead atoms. The second kappa shape index (κ2) is 5.79. The minimum absolute atomic E-state index is 0.142. The first-order valence-corrected chi connectivity index (χ1v) is 6.89. The van der Waals surface area contributed by atoms with Crippen molar-refractivity contribution in [3.63, 3.8) is 0 Å². The highest BCUT2D eigenvalue weighted by Gasteiger charge is 2.25. The van der Waals surface area contributed by atoms with Crippen molar-refractivity contribution in [3.8, 4) is 0 Å². The molecule has 1 atom stereocenters. The first-order chi connectivity index (χ1) is 7.74. The summed E-state index contributed by atoms with van der Waals surface area (Å²) in [6.07, 6.45) is 0. The molecule has 0 spiro atoms. The standard InChI is InChI=1S/C12H16BrCl2NO/c1-7(2)12(3,17)6-16-11-9(14)4-8(13)5-10(11)15/h4-5,7,16-17H,6H2,1-3H3. The highest BCUT2D eigenvalue weighted by Crippen LogP contribution is 2.34. The number of aliphatic hydroxyl groups is 1. The van der Waals surface area contributed by atoms with Crippen LogP contribution in [-0.2, 0) is 0 Å². The third-order valence-electron chi connectivity index (χ3n) is 2.87. The molecule has 0 heterocycles. The van der Waals surface area contributed by atoms with E-state index in [1.807, 2.05) is 13.8 Å². The van der Waals surface area contributed by atoms with Crippen LogP contribution in [0.3, 0.4) is 0 Å². The van der Waals surface area contributed by atoms with Crippen LogP contribution in [0, 0.1) is 5.92 Å². The third kappa shape index (κ3) is 4.02. The molecule has 0 amide bonds. The lowest BCUT2D eigenvalue weighted by Gasteiger charge is -2.28. The van der Waals surface area contributed by atoms with Crippen molar-refractivity contribution in [3.05, 3.63) is 26.7 Å². The van der Waals surface area contributed by atoms with Crippen molar-refractivity contribution in [1.29, 1.82) is 0 Å². The van der Waals surface area contributed by atoms with Gasteiger partial charge in [0.2, 0.25) is 0 Å². The van der Waals surface area contributed by atoms with Gasteiger partial charge in [-0.05, 0) is 25.0 Å². The Hall–Kier alpha value is 0.0400. The van der Waals surface area contributed by atoms with Crippen LogP contribution >= 0.6 is 39.1 Å². The lowest BCUT2D eigenvalue weighted by Crippen LogP contribution is -2.38. The van der Waals surface area contributed by atoms with Gasteiger partial charge < -0.3 is 10.4 Å². The van der Waals surface area contributed by atoms with Crippen LogP contribution in [0.5, 0.6) is 0 Å². The topological polar surface area (TPSA) is 32.3 Å². The Morgan fingerprint density at radius 1 is 1.35 bits per heavy atom. The van der Waals surface area contributed by atoms with E-state index in [1.165, 1.54) is 0 Å². The molecule has 0 aromatic heterocycles. The molecule has 1 rings (SSSR count). The first-order valence-electron chi connectivity index (χ1n) is 5.35. The predicted octanol–water partition coefficient (Wildman–Crippen LogP) is 4.57. The van der Waals surface area contributed by atoms with Gasteiger partial charge in [-0.25, -0.2) is 0 Å². The molecule has 1 unspecified atom stereocenters. The maximum atomic E-state index is 10.1. The van der Waals surface area contributed by atoms with Gasteiger partial charge in [-0.2, -0.15) is 0 Å². The van der Waals surface area contributed by atoms with Gasteiger partial charge in [-0.15, -0.1) is 0 Å². The summed E-state index contributed by atoms with van der Waals surface area (Å²) in [6.45, 7) is 6.11. The zero-order valence-corrected chi connectivity index (χ0v) is 13.1. The Bertz CT molecular complexity index is 384. The number of benzene rings is 1. The quantitative estimate of drug-likeness (QED) is 0.841. The number of rotatable bonds is 4. The van der Waals surface area contributed by atoms with E-state index >= 15 is 0 Å². The normalized spacial score (nSPS) is 14.8. The minimum atomic E-state index is -0.806. The summed E-state index contributed by atoms with van der Waals surface area (Å²) in [6, 6.07) is 3.53. The lowest BCUT2D eigenvalue weighted by molar-refractivity contribution is 0.0266. The van der Waals surface area contributed by atoms with Gasteiger partial charge in [-0.1, -0.05) is 53.0 Å². The number of hydrogen-bond acceptors (Lipinski definition) is 2. The molecule has 2 nitrogen and oxygen atoms in total. The van der Waals surface area contributed by atoms with Crippen molar-refractivity contribution in [1.82, 2.24) is 0 Å². The molecule has 0 saturated heterocycles. The third-order valence-corrected chi connectivity index (χ3v) is 3.93. The van der Waals surface area contributed by atoms with Gasteiger partial charge in [-0.3, -0.25) is 0 Å². The van der Waals surface area contributed by atoms with Crippen molar-refractivity contribution in [2.75, 3.05) is 11.9 Å². The van der Waals surface area contributed by atoms with E-state index in [9.17, 15) is 5.11 Å². The second-order valence-corrected chi connectivity index (χ2v) is 6.34. The number of halogens is 3. The zero-order valence-electron chi connectivity index (χ0n) is 10.0. The smallest absolute Gasteiger partial charge is 0.0814 e. The van der Waals surface area contributed by atoms with Gasteiger partial charge in [0.25, 0.3) is 0 Å². The number of anilines is 1. The molecule has 0 saturated carbocycles. The number of nitrogens with one attached hydrogen (secondary N) is 1. The summed E-state index contributed by atoms with van der Waals surface area (Å²) in [4.78, 5) is 0. The fourth-order valence-electron chi connectivity index (χ4n) is 1.18. The summed E-state index contributed by atoms with van der Waals surface area (Å²) in [5.41, 5.74) is -0.155. The molecule has 1 aromatic rings. The summed E-state index contributed by atoms with van der Waals surface area (Å²) < 4.78 is 0.827. The summed E-state index contributed by atoms with van der Waals surface area (Å²) in [7, 11) is 0. The molecule has 96 valence electrons. The van der Waals surface area contributed by atoms with Crippen molar-refractivity contribution >= 4 is 44.8 Å². The molecule has 0 aliphatic carbocycles. The van der Waals surface area contributed by atoms with Crippen LogP contribution in [0.4, 0.5) is 5.69 Å². The van der Waals surface area contributed by atoms with Crippen molar-refractivity contribution < 1.29 is 5.11 Å². The van der Waals surface area contributed by atoms with E-state index < -0.39 is 5.60 Å². The molecular formula is C12H16BrCl2NO. The van der Waals surface area contributed by atoms with Gasteiger partial charge >= 0.3 is 0 Å². The number of hydrogen-bond donors (Lipinski definition) is 2. The van der Waals surface area contributed by atoms with Crippen LogP contribution in [0.25, 0.3) is 0 Å². The Morgan fingerprint density at radius 3 is 2.24 bits per heavy atom. The maximum absolute atomic E-state index is 10.1. The molecule has 2 N–H and O–H groups in total. The Balaban J connectivity index is 2.83. The molecule has 0 radical (unpaired) electrons. The Kier molecular flexibility index (Phi) is 5.14. The SMILES string of the molecule is CC(C)C(C)(O)CNc1c(Cl)cc(Br)cc1Cl. The summed E-state index contributed by atoms with van der Waals surface area (Å²) in [5, 5.41) is 14.3. The van der Waals surface area contributed by atoms with Crippen molar-refractivity contribution in [2.24, 2.45) is 5.92 Å². The van der Waals surface area contributed by atoms with Crippen LogP contribution in [0.1, 0.15) is 20.8 Å². The fourth-order valence-corrected chi connectivity index (χ4v) is 2.52. The average molecular weight is 341 g/mol. The molecule has 1 aromatic carbocycles. The predicted molar refractivity (Wildman–Crippen MR) is 78.1 cm³/mol. The van der Waals surface area contributed by atoms with E-state index in [-0.39, 0.29) is 5.92 Å². The van der Waals surface area contributed by atoms with E-state index in [0.29, 0.717) is 22.3 Å². The highest BCUT2D eigenvalue weighted by atomic mass is 79.9. The first kappa shape index (κ1) is 15.1. The second-order valence-electron chi connectivity index (χ2n) is 4.61. The van der Waals surface area contributed by atoms with Crippen LogP contribution < -0.4 is 5.32 Å². The van der Waals surface area contributed by atoms with E-state index in [0.717, 1.165) is 4.47 Å². The van der Waals surface area contributed by atoms with E-state index in [4.69, 9.17) is 23.2 Å². The van der Waals surface area contributed by atoms with E-state index in [1.54, 1.807) is 19.1 Å². The fraction of sp³-hybridized carbons (Fsp3) is 0.500. The molecule has 0 aliphatic rings. The maximum Gasteiger partial charge on any atom is 0.0814 e. The van der Waals surface area contributed by atoms with Crippen LogP contribution in [0.15, 0.2) is 16.6 Å². The largest absolute Gasteiger partial charge is 0.388 e. The van der Waals surface area contributed by atoms with Crippen molar-refractivity contribution in [2.45, 2.75) is 26.4 Å². The van der Waals surface area contributed by atoms with Crippen LogP contribution in [0.2, 0.25) is 10.0 Å².